The number of amidine groups is 1. The smallest absolute Gasteiger partial charge is 0.244 e. The SMILES string of the molecule is COc1ccc(N2C(=NC(C)=O)S[C@@H]3CS(=O)(=O)C[C@@H]32)cc1OC. The van der Waals surface area contributed by atoms with Gasteiger partial charge in [-0.2, -0.15) is 4.99 Å². The van der Waals surface area contributed by atoms with Crippen LogP contribution in [-0.4, -0.2) is 56.5 Å². The Morgan fingerprint density at radius 3 is 2.58 bits per heavy atom. The summed E-state index contributed by atoms with van der Waals surface area (Å²) in [6, 6.07) is 5.09. The quantitative estimate of drug-likeness (QED) is 0.793. The van der Waals surface area contributed by atoms with Crippen molar-refractivity contribution in [2.45, 2.75) is 18.2 Å². The molecule has 2 atom stereocenters. The molecule has 2 aliphatic rings. The molecule has 2 saturated heterocycles. The minimum absolute atomic E-state index is 0.0515. The minimum Gasteiger partial charge on any atom is -0.493 e. The second-order valence-electron chi connectivity index (χ2n) is 5.62. The third-order valence-corrected chi connectivity index (χ3v) is 7.17. The molecule has 0 bridgehead atoms. The molecule has 0 N–H and O–H groups in total. The van der Waals surface area contributed by atoms with Crippen LogP contribution in [0, 0.1) is 0 Å². The number of carbonyl (C=O) groups excluding carboxylic acids is 1. The van der Waals surface area contributed by atoms with E-state index in [4.69, 9.17) is 9.47 Å². The van der Waals surface area contributed by atoms with Gasteiger partial charge in [0, 0.05) is 23.9 Å². The molecule has 7 nitrogen and oxygen atoms in total. The first-order chi connectivity index (χ1) is 11.3. The zero-order valence-electron chi connectivity index (χ0n) is 13.6. The van der Waals surface area contributed by atoms with Crippen LogP contribution in [-0.2, 0) is 14.6 Å². The predicted molar refractivity (Wildman–Crippen MR) is 94.0 cm³/mol. The van der Waals surface area contributed by atoms with Crippen molar-refractivity contribution in [3.05, 3.63) is 18.2 Å². The summed E-state index contributed by atoms with van der Waals surface area (Å²) in [5, 5.41) is 0.404. The maximum Gasteiger partial charge on any atom is 0.244 e. The average molecular weight is 370 g/mol. The van der Waals surface area contributed by atoms with Crippen LogP contribution in [0.15, 0.2) is 23.2 Å². The van der Waals surface area contributed by atoms with Crippen LogP contribution in [0.25, 0.3) is 0 Å². The first-order valence-electron chi connectivity index (χ1n) is 7.32. The lowest BCUT2D eigenvalue weighted by Gasteiger charge is -2.25. The van der Waals surface area contributed by atoms with Crippen LogP contribution in [0.3, 0.4) is 0 Å². The number of sulfone groups is 1. The van der Waals surface area contributed by atoms with Crippen LogP contribution in [0.2, 0.25) is 0 Å². The molecule has 2 fully saturated rings. The topological polar surface area (TPSA) is 85.3 Å². The number of rotatable bonds is 3. The number of thioether (sulfide) groups is 1. The first-order valence-corrected chi connectivity index (χ1v) is 10.0. The molecule has 2 aliphatic heterocycles. The van der Waals surface area contributed by atoms with E-state index in [1.54, 1.807) is 19.2 Å². The van der Waals surface area contributed by atoms with Gasteiger partial charge in [-0.05, 0) is 12.1 Å². The number of amides is 1. The van der Waals surface area contributed by atoms with E-state index in [9.17, 15) is 13.2 Å². The summed E-state index contributed by atoms with van der Waals surface area (Å²) in [5.74, 6) is 0.949. The van der Waals surface area contributed by atoms with Gasteiger partial charge in [-0.25, -0.2) is 8.42 Å². The lowest BCUT2D eigenvalue weighted by molar-refractivity contribution is -0.115. The summed E-state index contributed by atoms with van der Waals surface area (Å²) in [6.07, 6.45) is 0. The third-order valence-electron chi connectivity index (χ3n) is 3.96. The monoisotopic (exact) mass is 370 g/mol. The van der Waals surface area contributed by atoms with Crippen LogP contribution >= 0.6 is 11.8 Å². The zero-order valence-corrected chi connectivity index (χ0v) is 15.2. The molecule has 9 heteroatoms. The number of carbonyl (C=O) groups is 1. The standard InChI is InChI=1S/C15H18N2O5S2/c1-9(18)16-15-17(11-7-24(19,20)8-14(11)23-15)10-4-5-12(21-2)13(6-10)22-3/h4-6,11,14H,7-8H2,1-3H3/t11-,14+/m0/s1. The fourth-order valence-electron chi connectivity index (χ4n) is 2.98. The van der Waals surface area contributed by atoms with Crippen LogP contribution in [0.5, 0.6) is 11.5 Å². The number of methoxy groups -OCH3 is 2. The van der Waals surface area contributed by atoms with Gasteiger partial charge in [0.1, 0.15) is 0 Å². The van der Waals surface area contributed by atoms with Gasteiger partial charge in [0.2, 0.25) is 5.91 Å². The highest BCUT2D eigenvalue weighted by molar-refractivity contribution is 8.16. The van der Waals surface area contributed by atoms with Crippen LogP contribution in [0.1, 0.15) is 6.92 Å². The Hall–Kier alpha value is -1.74. The molecular formula is C15H18N2O5S2. The summed E-state index contributed by atoms with van der Waals surface area (Å²) in [6.45, 7) is 1.38. The largest absolute Gasteiger partial charge is 0.493 e. The van der Waals surface area contributed by atoms with Crippen molar-refractivity contribution in [1.29, 1.82) is 0 Å². The Morgan fingerprint density at radius 2 is 1.96 bits per heavy atom. The molecule has 0 unspecified atom stereocenters. The highest BCUT2D eigenvalue weighted by atomic mass is 32.2. The summed E-state index contributed by atoms with van der Waals surface area (Å²) >= 11 is 1.34. The molecule has 1 aromatic rings. The number of benzene rings is 1. The van der Waals surface area contributed by atoms with Crippen molar-refractivity contribution in [1.82, 2.24) is 0 Å². The van der Waals surface area contributed by atoms with Crippen molar-refractivity contribution in [3.63, 3.8) is 0 Å². The zero-order chi connectivity index (χ0) is 17.5. The molecule has 0 saturated carbocycles. The molecule has 130 valence electrons. The molecule has 1 amide bonds. The molecule has 0 radical (unpaired) electrons. The van der Waals surface area contributed by atoms with E-state index in [1.807, 2.05) is 11.0 Å². The highest BCUT2D eigenvalue weighted by Crippen LogP contribution is 2.42. The number of nitrogens with zero attached hydrogens (tertiary/aromatic N) is 2. The molecule has 1 aromatic carbocycles. The molecule has 0 aromatic heterocycles. The molecular weight excluding hydrogens is 352 g/mol. The molecule has 0 spiro atoms. The Bertz CT molecular complexity index is 806. The second-order valence-corrected chi connectivity index (χ2v) is 8.98. The summed E-state index contributed by atoms with van der Waals surface area (Å²) in [7, 11) is -0.00265. The van der Waals surface area contributed by atoms with Gasteiger partial charge < -0.3 is 14.4 Å². The normalized spacial score (nSPS) is 26.5. The summed E-state index contributed by atoms with van der Waals surface area (Å²) < 4.78 is 34.5. The number of anilines is 1. The van der Waals surface area contributed by atoms with E-state index < -0.39 is 9.84 Å². The Kier molecular flexibility index (Phi) is 4.48. The van der Waals surface area contributed by atoms with E-state index in [1.165, 1.54) is 25.8 Å². The Balaban J connectivity index is 2.05. The van der Waals surface area contributed by atoms with E-state index in [-0.39, 0.29) is 28.7 Å². The maximum atomic E-state index is 12.0. The van der Waals surface area contributed by atoms with E-state index in [2.05, 4.69) is 4.99 Å². The van der Waals surface area contributed by atoms with Crippen molar-refractivity contribution < 1.29 is 22.7 Å². The van der Waals surface area contributed by atoms with Crippen LogP contribution in [0.4, 0.5) is 5.69 Å². The van der Waals surface area contributed by atoms with Gasteiger partial charge >= 0.3 is 0 Å². The fourth-order valence-corrected chi connectivity index (χ4v) is 6.93. The average Bonchev–Trinajstić information content (AvgIpc) is 2.96. The van der Waals surface area contributed by atoms with Crippen LogP contribution < -0.4 is 14.4 Å². The van der Waals surface area contributed by atoms with Gasteiger partial charge in [0.05, 0.1) is 31.8 Å². The maximum absolute atomic E-state index is 12.0. The summed E-state index contributed by atoms with van der Waals surface area (Å²) in [5.41, 5.74) is 0.727. The highest BCUT2D eigenvalue weighted by Gasteiger charge is 2.49. The predicted octanol–water partition coefficient (Wildman–Crippen LogP) is 1.33. The van der Waals surface area contributed by atoms with E-state index >= 15 is 0 Å². The molecule has 0 aliphatic carbocycles. The van der Waals surface area contributed by atoms with Gasteiger partial charge in [-0.3, -0.25) is 4.79 Å². The first kappa shape index (κ1) is 17.1. The van der Waals surface area contributed by atoms with Crippen molar-refractivity contribution in [3.8, 4) is 11.5 Å². The molecule has 3 rings (SSSR count). The van der Waals surface area contributed by atoms with E-state index in [0.717, 1.165) is 5.69 Å². The second kappa shape index (κ2) is 6.29. The van der Waals surface area contributed by atoms with Gasteiger partial charge in [-0.15, -0.1) is 0 Å². The number of hydrogen-bond donors (Lipinski definition) is 0. The molecule has 24 heavy (non-hydrogen) atoms. The number of aliphatic imine (C=N–C) groups is 1. The lowest BCUT2D eigenvalue weighted by Crippen LogP contribution is -2.37. The van der Waals surface area contributed by atoms with Crippen molar-refractivity contribution >= 4 is 38.4 Å². The minimum atomic E-state index is -3.09. The molecule has 2 heterocycles. The fraction of sp³-hybridized carbons (Fsp3) is 0.467. The van der Waals surface area contributed by atoms with Gasteiger partial charge in [0.15, 0.2) is 26.5 Å². The summed E-state index contributed by atoms with van der Waals surface area (Å²) in [4.78, 5) is 17.3. The lowest BCUT2D eigenvalue weighted by atomic mass is 10.2. The van der Waals surface area contributed by atoms with Gasteiger partial charge in [0.25, 0.3) is 0 Å². The third kappa shape index (κ3) is 3.10. The van der Waals surface area contributed by atoms with E-state index in [0.29, 0.717) is 16.7 Å². The van der Waals surface area contributed by atoms with Crippen molar-refractivity contribution in [2.75, 3.05) is 30.6 Å². The number of fused-ring (bicyclic) bond motifs is 1. The number of hydrogen-bond acceptors (Lipinski definition) is 6. The van der Waals surface area contributed by atoms with Crippen molar-refractivity contribution in [2.24, 2.45) is 4.99 Å². The van der Waals surface area contributed by atoms with Gasteiger partial charge in [-0.1, -0.05) is 11.8 Å². The number of ether oxygens (including phenoxy) is 2. The Morgan fingerprint density at radius 1 is 1.25 bits per heavy atom. The Labute approximate surface area is 144 Å².